The molecule has 5 heteroatoms. The van der Waals surface area contributed by atoms with Crippen molar-refractivity contribution in [3.8, 4) is 22.4 Å². The van der Waals surface area contributed by atoms with Crippen LogP contribution >= 0.6 is 0 Å². The lowest BCUT2D eigenvalue weighted by Gasteiger charge is -2.12. The maximum Gasteiger partial charge on any atom is 0.355 e. The lowest BCUT2D eigenvalue weighted by Crippen LogP contribution is -2.10. The summed E-state index contributed by atoms with van der Waals surface area (Å²) in [5, 5.41) is 19.1. The van der Waals surface area contributed by atoms with E-state index >= 15 is 0 Å². The molecule has 0 fully saturated rings. The fourth-order valence-corrected chi connectivity index (χ4v) is 2.49. The number of aromatic carboxylic acids is 2. The van der Waals surface area contributed by atoms with Crippen molar-refractivity contribution in [2.45, 2.75) is 0 Å². The Morgan fingerprint density at radius 1 is 0.750 bits per heavy atom. The lowest BCUT2D eigenvalue weighted by molar-refractivity contribution is 0.0677. The Labute approximate surface area is 137 Å². The van der Waals surface area contributed by atoms with Crippen LogP contribution in [0.4, 0.5) is 0 Å². The fraction of sp³-hybridized carbons (Fsp3) is 0. The number of carboxylic acids is 2. The molecule has 0 aliphatic carbocycles. The number of hydrogen-bond acceptors (Lipinski definition) is 3. The van der Waals surface area contributed by atoms with Gasteiger partial charge in [0.1, 0.15) is 0 Å². The summed E-state index contributed by atoms with van der Waals surface area (Å²) in [6, 6.07) is 18.8. The van der Waals surface area contributed by atoms with Gasteiger partial charge in [0.2, 0.25) is 0 Å². The number of carboxylic acid groups (broad SMARTS) is 2. The molecule has 0 spiro atoms. The molecule has 0 saturated carbocycles. The largest absolute Gasteiger partial charge is 0.478 e. The van der Waals surface area contributed by atoms with E-state index in [2.05, 4.69) is 4.98 Å². The molecule has 0 saturated heterocycles. The molecular formula is C19H13NO4. The highest BCUT2D eigenvalue weighted by atomic mass is 16.4. The molecule has 118 valence electrons. The van der Waals surface area contributed by atoms with Gasteiger partial charge in [0.25, 0.3) is 0 Å². The van der Waals surface area contributed by atoms with E-state index in [-0.39, 0.29) is 22.5 Å². The van der Waals surface area contributed by atoms with Gasteiger partial charge in [-0.25, -0.2) is 14.6 Å². The average Bonchev–Trinajstić information content (AvgIpc) is 2.62. The van der Waals surface area contributed by atoms with Crippen LogP contribution in [0.5, 0.6) is 0 Å². The zero-order valence-electron chi connectivity index (χ0n) is 12.5. The summed E-state index contributed by atoms with van der Waals surface area (Å²) in [5.41, 5.74) is 1.36. The zero-order chi connectivity index (χ0) is 17.1. The summed E-state index contributed by atoms with van der Waals surface area (Å²) in [6.07, 6.45) is 0. The van der Waals surface area contributed by atoms with E-state index in [0.29, 0.717) is 11.1 Å². The third-order valence-corrected chi connectivity index (χ3v) is 3.59. The first-order valence-electron chi connectivity index (χ1n) is 7.20. The fourth-order valence-electron chi connectivity index (χ4n) is 2.49. The van der Waals surface area contributed by atoms with E-state index in [9.17, 15) is 19.8 Å². The van der Waals surface area contributed by atoms with E-state index in [4.69, 9.17) is 0 Å². The van der Waals surface area contributed by atoms with Gasteiger partial charge in [-0.05, 0) is 11.6 Å². The first-order valence-corrected chi connectivity index (χ1v) is 7.20. The highest BCUT2D eigenvalue weighted by Gasteiger charge is 2.22. The van der Waals surface area contributed by atoms with Gasteiger partial charge in [0.15, 0.2) is 5.69 Å². The van der Waals surface area contributed by atoms with Crippen molar-refractivity contribution < 1.29 is 19.8 Å². The molecular weight excluding hydrogens is 306 g/mol. The highest BCUT2D eigenvalue weighted by molar-refractivity contribution is 6.01. The topological polar surface area (TPSA) is 87.5 Å². The molecule has 24 heavy (non-hydrogen) atoms. The summed E-state index contributed by atoms with van der Waals surface area (Å²) in [6.45, 7) is 0. The Bertz CT molecular complexity index is 828. The molecule has 0 atom stereocenters. The first kappa shape index (κ1) is 15.4. The number of carbonyl (C=O) groups is 2. The number of nitrogens with zero attached hydrogens (tertiary/aromatic N) is 1. The average molecular weight is 319 g/mol. The zero-order valence-corrected chi connectivity index (χ0v) is 12.5. The minimum atomic E-state index is -1.21. The quantitative estimate of drug-likeness (QED) is 0.763. The van der Waals surface area contributed by atoms with Crippen LogP contribution < -0.4 is 0 Å². The van der Waals surface area contributed by atoms with Crippen LogP contribution in [0.1, 0.15) is 20.8 Å². The minimum Gasteiger partial charge on any atom is -0.478 e. The normalized spacial score (nSPS) is 10.3. The predicted octanol–water partition coefficient (Wildman–Crippen LogP) is 3.81. The van der Waals surface area contributed by atoms with Crippen molar-refractivity contribution in [3.05, 3.63) is 78.0 Å². The molecule has 2 N–H and O–H groups in total. The molecule has 2 aromatic carbocycles. The maximum absolute atomic E-state index is 11.7. The Morgan fingerprint density at radius 2 is 1.29 bits per heavy atom. The molecule has 0 aliphatic rings. The Morgan fingerprint density at radius 3 is 1.79 bits per heavy atom. The number of rotatable bonds is 4. The van der Waals surface area contributed by atoms with Crippen LogP contribution in [-0.2, 0) is 0 Å². The van der Waals surface area contributed by atoms with E-state index < -0.39 is 11.9 Å². The third-order valence-electron chi connectivity index (χ3n) is 3.59. The Balaban J connectivity index is 2.32. The van der Waals surface area contributed by atoms with Crippen LogP contribution in [0.15, 0.2) is 66.7 Å². The first-order chi connectivity index (χ1) is 11.6. The molecule has 3 rings (SSSR count). The SMILES string of the molecule is O=C(O)c1cc(-c2ccccc2)c(C(=O)O)nc1-c1ccccc1. The molecule has 0 unspecified atom stereocenters. The Hall–Kier alpha value is -3.47. The van der Waals surface area contributed by atoms with Crippen molar-refractivity contribution in [3.63, 3.8) is 0 Å². The second kappa shape index (κ2) is 6.34. The van der Waals surface area contributed by atoms with Crippen LogP contribution in [0, 0.1) is 0 Å². The molecule has 0 aliphatic heterocycles. The van der Waals surface area contributed by atoms with Crippen LogP contribution in [0.3, 0.4) is 0 Å². The van der Waals surface area contributed by atoms with Crippen molar-refractivity contribution in [2.75, 3.05) is 0 Å². The summed E-state index contributed by atoms with van der Waals surface area (Å²) in [5.74, 6) is -2.36. The summed E-state index contributed by atoms with van der Waals surface area (Å²) < 4.78 is 0. The smallest absolute Gasteiger partial charge is 0.355 e. The van der Waals surface area contributed by atoms with Crippen molar-refractivity contribution >= 4 is 11.9 Å². The van der Waals surface area contributed by atoms with E-state index in [1.54, 1.807) is 60.7 Å². The molecule has 0 amide bonds. The van der Waals surface area contributed by atoms with Crippen molar-refractivity contribution in [1.82, 2.24) is 4.98 Å². The standard InChI is InChI=1S/C19H13NO4/c21-18(22)15-11-14(12-7-3-1-4-8-12)17(19(23)24)20-16(15)13-9-5-2-6-10-13/h1-11H,(H,21,22)(H,23,24). The van der Waals surface area contributed by atoms with Crippen molar-refractivity contribution in [2.24, 2.45) is 0 Å². The number of pyridine rings is 1. The summed E-state index contributed by atoms with van der Waals surface area (Å²) >= 11 is 0. The van der Waals surface area contributed by atoms with Crippen molar-refractivity contribution in [1.29, 1.82) is 0 Å². The highest BCUT2D eigenvalue weighted by Crippen LogP contribution is 2.30. The van der Waals surface area contributed by atoms with E-state index in [1.807, 2.05) is 0 Å². The van der Waals surface area contributed by atoms with Crippen LogP contribution in [0.25, 0.3) is 22.4 Å². The lowest BCUT2D eigenvalue weighted by atomic mass is 9.97. The minimum absolute atomic E-state index is 0.0370. The monoisotopic (exact) mass is 319 g/mol. The van der Waals surface area contributed by atoms with Gasteiger partial charge < -0.3 is 10.2 Å². The molecule has 1 heterocycles. The third kappa shape index (κ3) is 2.87. The molecule has 0 bridgehead atoms. The molecule has 1 aromatic heterocycles. The second-order valence-corrected chi connectivity index (χ2v) is 5.12. The van der Waals surface area contributed by atoms with Gasteiger partial charge in [-0.2, -0.15) is 0 Å². The van der Waals surface area contributed by atoms with Gasteiger partial charge in [0, 0.05) is 11.1 Å². The predicted molar refractivity (Wildman–Crippen MR) is 89.0 cm³/mol. The van der Waals surface area contributed by atoms with Gasteiger partial charge in [-0.1, -0.05) is 60.7 Å². The van der Waals surface area contributed by atoms with Gasteiger partial charge in [-0.15, -0.1) is 0 Å². The number of aromatic nitrogens is 1. The summed E-state index contributed by atoms with van der Waals surface area (Å²) in [7, 11) is 0. The summed E-state index contributed by atoms with van der Waals surface area (Å²) in [4.78, 5) is 27.5. The van der Waals surface area contributed by atoms with Gasteiger partial charge in [0.05, 0.1) is 11.3 Å². The molecule has 0 radical (unpaired) electrons. The maximum atomic E-state index is 11.7. The molecule has 3 aromatic rings. The Kier molecular flexibility index (Phi) is 4.07. The number of benzene rings is 2. The number of hydrogen-bond donors (Lipinski definition) is 2. The van der Waals surface area contributed by atoms with Gasteiger partial charge in [-0.3, -0.25) is 0 Å². The van der Waals surface area contributed by atoms with Crippen LogP contribution in [-0.4, -0.2) is 27.1 Å². The molecule has 5 nitrogen and oxygen atoms in total. The van der Waals surface area contributed by atoms with Crippen LogP contribution in [0.2, 0.25) is 0 Å². The van der Waals surface area contributed by atoms with E-state index in [1.165, 1.54) is 6.07 Å². The van der Waals surface area contributed by atoms with Gasteiger partial charge >= 0.3 is 11.9 Å². The van der Waals surface area contributed by atoms with E-state index in [0.717, 1.165) is 0 Å². The second-order valence-electron chi connectivity index (χ2n) is 5.12.